The van der Waals surface area contributed by atoms with Gasteiger partial charge in [0, 0.05) is 18.9 Å². The van der Waals surface area contributed by atoms with Crippen LogP contribution in [0.4, 0.5) is 18.0 Å². The van der Waals surface area contributed by atoms with Gasteiger partial charge in [-0.15, -0.1) is 11.3 Å². The number of benzene rings is 1. The number of thiophene rings is 1. The van der Waals surface area contributed by atoms with E-state index in [9.17, 15) is 22.5 Å². The molecule has 1 amide bonds. The number of halogens is 3. The summed E-state index contributed by atoms with van der Waals surface area (Å²) in [6.07, 6.45) is -3.53. The molecular weight excluding hydrogens is 494 g/mol. The molecule has 0 radical (unpaired) electrons. The Morgan fingerprint density at radius 3 is 2.32 bits per heavy atom. The summed E-state index contributed by atoms with van der Waals surface area (Å²) in [7, 11) is -1.40. The number of alkyl carbamates (subject to hydrolysis) is 1. The van der Waals surface area contributed by atoms with Gasteiger partial charge < -0.3 is 10.1 Å². The highest BCUT2D eigenvalue weighted by Gasteiger charge is 2.34. The molecule has 1 atom stereocenters. The highest BCUT2D eigenvalue weighted by atomic mass is 32.1. The van der Waals surface area contributed by atoms with Gasteiger partial charge in [-0.05, 0) is 75.4 Å². The zero-order valence-corrected chi connectivity index (χ0v) is 21.8. The van der Waals surface area contributed by atoms with Crippen LogP contribution in [0.2, 0.25) is 0 Å². The van der Waals surface area contributed by atoms with Crippen molar-refractivity contribution < 1.29 is 40.8 Å². The molecule has 12 heteroatoms. The number of rotatable bonds is 10. The van der Waals surface area contributed by atoms with E-state index in [1.807, 2.05) is 5.38 Å². The van der Waals surface area contributed by atoms with Gasteiger partial charge in [0.2, 0.25) is 0 Å². The molecule has 0 fully saturated rings. The first-order valence-corrected chi connectivity index (χ1v) is 12.9. The average Bonchev–Trinajstić information content (AvgIpc) is 3.12. The molecule has 192 valence electrons. The highest BCUT2D eigenvalue weighted by molar-refractivity contribution is 7.48. The monoisotopic (exact) mass is 525 g/mol. The van der Waals surface area contributed by atoms with Crippen molar-refractivity contribution in [3.8, 4) is 0 Å². The lowest BCUT2D eigenvalue weighted by molar-refractivity contribution is -0.137. The molecule has 0 aliphatic rings. The summed E-state index contributed by atoms with van der Waals surface area (Å²) in [6.45, 7) is 6.74. The number of nitrogens with one attached hydrogen (secondary N) is 1. The standard InChI is InChI=1S/C22H31F3NO6PS/c1-20(2,3)32-19(27)26-21(4,14-31-33(28,29-5)30-6)11-7-8-15-13-34-18-12-16(22(23,24)25)9-10-17(15)18/h9-10,12-13H,7-8,11,14H2,1-6H3,(H,26,27)/t21-/m0/s1. The van der Waals surface area contributed by atoms with E-state index in [0.29, 0.717) is 24.0 Å². The summed E-state index contributed by atoms with van der Waals surface area (Å²) in [5, 5.41) is 5.37. The second kappa shape index (κ2) is 11.0. The van der Waals surface area contributed by atoms with E-state index in [0.717, 1.165) is 23.1 Å². The molecule has 1 aromatic carbocycles. The molecular formula is C22H31F3NO6PS. The van der Waals surface area contributed by atoms with Crippen molar-refractivity contribution >= 4 is 35.3 Å². The minimum absolute atomic E-state index is 0.176. The minimum Gasteiger partial charge on any atom is -0.444 e. The third-order valence-electron chi connectivity index (χ3n) is 4.95. The molecule has 1 aromatic heterocycles. The van der Waals surface area contributed by atoms with Gasteiger partial charge in [0.05, 0.1) is 17.7 Å². The van der Waals surface area contributed by atoms with Crippen molar-refractivity contribution in [3.63, 3.8) is 0 Å². The molecule has 0 unspecified atom stereocenters. The topological polar surface area (TPSA) is 83.1 Å². The Bertz CT molecular complexity index is 1030. The smallest absolute Gasteiger partial charge is 0.444 e. The molecule has 1 N–H and O–H groups in total. The Kier molecular flexibility index (Phi) is 9.21. The fraction of sp³-hybridized carbons (Fsp3) is 0.591. The van der Waals surface area contributed by atoms with E-state index >= 15 is 0 Å². The van der Waals surface area contributed by atoms with Crippen molar-refractivity contribution in [2.45, 2.75) is 64.3 Å². The van der Waals surface area contributed by atoms with Gasteiger partial charge in [-0.3, -0.25) is 13.6 Å². The Morgan fingerprint density at radius 2 is 1.76 bits per heavy atom. The molecule has 0 saturated carbocycles. The zero-order valence-electron chi connectivity index (χ0n) is 20.1. The van der Waals surface area contributed by atoms with Crippen LogP contribution in [0.15, 0.2) is 23.6 Å². The van der Waals surface area contributed by atoms with Crippen LogP contribution >= 0.6 is 19.2 Å². The van der Waals surface area contributed by atoms with E-state index in [4.69, 9.17) is 18.3 Å². The van der Waals surface area contributed by atoms with Gasteiger partial charge in [-0.25, -0.2) is 9.36 Å². The fourth-order valence-corrected chi connectivity index (χ4v) is 5.08. The minimum atomic E-state index is -4.39. The summed E-state index contributed by atoms with van der Waals surface area (Å²) in [5.74, 6) is 0. The number of ether oxygens (including phenoxy) is 1. The van der Waals surface area contributed by atoms with Crippen LogP contribution < -0.4 is 5.32 Å². The summed E-state index contributed by atoms with van der Waals surface area (Å²) >= 11 is 1.25. The maximum absolute atomic E-state index is 13.0. The average molecular weight is 526 g/mol. The molecule has 0 aliphatic heterocycles. The molecule has 0 saturated heterocycles. The first-order chi connectivity index (χ1) is 15.6. The number of phosphoric acid groups is 1. The Morgan fingerprint density at radius 1 is 1.12 bits per heavy atom. The van der Waals surface area contributed by atoms with Crippen molar-refractivity contribution in [2.75, 3.05) is 20.8 Å². The van der Waals surface area contributed by atoms with Crippen molar-refractivity contribution in [2.24, 2.45) is 0 Å². The third kappa shape index (κ3) is 8.23. The van der Waals surface area contributed by atoms with Gasteiger partial charge in [0.1, 0.15) is 5.60 Å². The lowest BCUT2D eigenvalue weighted by Crippen LogP contribution is -2.51. The lowest BCUT2D eigenvalue weighted by atomic mass is 9.94. The van der Waals surface area contributed by atoms with E-state index in [1.165, 1.54) is 31.6 Å². The lowest BCUT2D eigenvalue weighted by Gasteiger charge is -2.32. The largest absolute Gasteiger partial charge is 0.474 e. The highest BCUT2D eigenvalue weighted by Crippen LogP contribution is 2.48. The number of hydrogen-bond donors (Lipinski definition) is 1. The van der Waals surface area contributed by atoms with Crippen LogP contribution in [0.3, 0.4) is 0 Å². The molecule has 0 spiro atoms. The van der Waals surface area contributed by atoms with Gasteiger partial charge in [-0.2, -0.15) is 13.2 Å². The molecule has 34 heavy (non-hydrogen) atoms. The quantitative estimate of drug-likeness (QED) is 0.338. The maximum Gasteiger partial charge on any atom is 0.474 e. The Labute approximate surface area is 201 Å². The number of phosphoric ester groups is 1. The number of carbonyl (C=O) groups is 1. The van der Waals surface area contributed by atoms with Crippen molar-refractivity contribution in [3.05, 3.63) is 34.7 Å². The Balaban J connectivity index is 2.13. The van der Waals surface area contributed by atoms with E-state index in [1.54, 1.807) is 27.7 Å². The van der Waals surface area contributed by atoms with Crippen molar-refractivity contribution in [1.82, 2.24) is 5.32 Å². The van der Waals surface area contributed by atoms with E-state index in [-0.39, 0.29) is 6.61 Å². The molecule has 0 bridgehead atoms. The first kappa shape index (κ1) is 28.6. The number of amides is 1. The normalized spacial score (nSPS) is 14.7. The number of alkyl halides is 3. The third-order valence-corrected chi connectivity index (χ3v) is 7.28. The summed E-state index contributed by atoms with van der Waals surface area (Å²) in [6, 6.07) is 3.71. The van der Waals surface area contributed by atoms with E-state index < -0.39 is 36.8 Å². The van der Waals surface area contributed by atoms with Crippen molar-refractivity contribution in [1.29, 1.82) is 0 Å². The summed E-state index contributed by atoms with van der Waals surface area (Å²) in [5.41, 5.74) is -1.47. The fourth-order valence-electron chi connectivity index (χ4n) is 3.24. The predicted octanol–water partition coefficient (Wildman–Crippen LogP) is 6.94. The zero-order chi connectivity index (χ0) is 25.8. The predicted molar refractivity (Wildman–Crippen MR) is 125 cm³/mol. The molecule has 7 nitrogen and oxygen atoms in total. The SMILES string of the molecule is COP(=O)(OC)OC[C@](C)(CCCc1csc2cc(C(F)(F)F)ccc12)NC(=O)OC(C)(C)C. The first-order valence-electron chi connectivity index (χ1n) is 10.5. The number of carbonyl (C=O) groups excluding carboxylic acids is 1. The van der Waals surface area contributed by atoms with Crippen LogP contribution in [-0.4, -0.2) is 38.1 Å². The summed E-state index contributed by atoms with van der Waals surface area (Å²) in [4.78, 5) is 12.4. The van der Waals surface area contributed by atoms with Crippen LogP contribution in [-0.2, 0) is 35.5 Å². The molecule has 1 heterocycles. The van der Waals surface area contributed by atoms with Crippen LogP contribution in [0.1, 0.15) is 51.7 Å². The molecule has 2 aromatic rings. The van der Waals surface area contributed by atoms with Crippen LogP contribution in [0.5, 0.6) is 0 Å². The molecule has 2 rings (SSSR count). The van der Waals surface area contributed by atoms with Gasteiger partial charge in [0.15, 0.2) is 0 Å². The second-order valence-electron chi connectivity index (χ2n) is 9.10. The summed E-state index contributed by atoms with van der Waals surface area (Å²) < 4.78 is 72.1. The Hall–Kier alpha value is -1.65. The van der Waals surface area contributed by atoms with Gasteiger partial charge in [0.25, 0.3) is 0 Å². The van der Waals surface area contributed by atoms with Crippen LogP contribution in [0, 0.1) is 0 Å². The number of fused-ring (bicyclic) bond motifs is 1. The number of aryl methyl sites for hydroxylation is 1. The van der Waals surface area contributed by atoms with E-state index in [2.05, 4.69) is 5.32 Å². The number of hydrogen-bond acceptors (Lipinski definition) is 7. The van der Waals surface area contributed by atoms with Gasteiger partial charge in [-0.1, -0.05) is 6.07 Å². The maximum atomic E-state index is 13.0. The second-order valence-corrected chi connectivity index (χ2v) is 11.9. The molecule has 0 aliphatic carbocycles. The van der Waals surface area contributed by atoms with Crippen LogP contribution in [0.25, 0.3) is 10.1 Å². The van der Waals surface area contributed by atoms with Gasteiger partial charge >= 0.3 is 20.1 Å².